The molecule has 2 fully saturated rings. The van der Waals surface area contributed by atoms with Gasteiger partial charge in [-0.15, -0.1) is 0 Å². The van der Waals surface area contributed by atoms with E-state index in [9.17, 15) is 28.8 Å². The van der Waals surface area contributed by atoms with Crippen LogP contribution in [0.3, 0.4) is 0 Å². The van der Waals surface area contributed by atoms with Gasteiger partial charge in [-0.3, -0.25) is 33.7 Å². The fourth-order valence-electron chi connectivity index (χ4n) is 5.08. The van der Waals surface area contributed by atoms with Crippen molar-refractivity contribution in [3.63, 3.8) is 0 Å². The van der Waals surface area contributed by atoms with Gasteiger partial charge in [-0.05, 0) is 55.7 Å². The van der Waals surface area contributed by atoms with E-state index in [-0.39, 0.29) is 49.1 Å². The van der Waals surface area contributed by atoms with Crippen molar-refractivity contribution < 1.29 is 33.5 Å². The number of hydrogen-bond donors (Lipinski definition) is 3. The zero-order valence-corrected chi connectivity index (χ0v) is 23.8. The van der Waals surface area contributed by atoms with Crippen LogP contribution in [-0.2, 0) is 35.3 Å². The van der Waals surface area contributed by atoms with Crippen LogP contribution in [0, 0.1) is 17.3 Å². The zero-order valence-electron chi connectivity index (χ0n) is 23.8. The van der Waals surface area contributed by atoms with Crippen LogP contribution in [0.25, 0.3) is 0 Å². The van der Waals surface area contributed by atoms with Crippen molar-refractivity contribution in [1.29, 1.82) is 0 Å². The molecule has 2 unspecified atom stereocenters. The average Bonchev–Trinajstić information content (AvgIpc) is 3.20. The van der Waals surface area contributed by atoms with Crippen LogP contribution < -0.4 is 16.0 Å². The topological polar surface area (TPSA) is 151 Å². The van der Waals surface area contributed by atoms with Gasteiger partial charge in [-0.2, -0.15) is 0 Å². The lowest BCUT2D eigenvalue weighted by Gasteiger charge is -2.38. The average molecular weight is 566 g/mol. The molecule has 41 heavy (non-hydrogen) atoms. The van der Waals surface area contributed by atoms with E-state index in [1.807, 2.05) is 13.8 Å². The number of nitrogens with one attached hydrogen (secondary N) is 3. The Morgan fingerprint density at radius 1 is 1.05 bits per heavy atom. The van der Waals surface area contributed by atoms with Gasteiger partial charge in [0.15, 0.2) is 0 Å². The van der Waals surface area contributed by atoms with Crippen molar-refractivity contribution in [2.75, 3.05) is 25.0 Å². The standard InChI is InChI=1S/C29H39BN4O7/c1-3-19(2)22-16-24(36)34(25(22)37)15-6-4-5-14-31-26(38)29(12-7-13-29)27(39)32-17-23(35)33-21-10-8-20(9-11-21)18-41-28(30)40/h8-11,19,22H,3-7,12-18H2,1-2H3,(H,31,38)(H,32,39)(H,33,35). The monoisotopic (exact) mass is 566 g/mol. The highest BCUT2D eigenvalue weighted by Gasteiger charge is 2.50. The van der Waals surface area contributed by atoms with E-state index in [1.54, 1.807) is 24.3 Å². The van der Waals surface area contributed by atoms with Crippen LogP contribution >= 0.6 is 0 Å². The van der Waals surface area contributed by atoms with Gasteiger partial charge in [0.25, 0.3) is 0 Å². The summed E-state index contributed by atoms with van der Waals surface area (Å²) in [6.07, 6.45) is 4.76. The highest BCUT2D eigenvalue weighted by atomic mass is 16.5. The van der Waals surface area contributed by atoms with Gasteiger partial charge in [0.2, 0.25) is 43.3 Å². The molecule has 5 amide bonds. The van der Waals surface area contributed by atoms with Crippen LogP contribution in [0.4, 0.5) is 10.5 Å². The predicted octanol–water partition coefficient (Wildman–Crippen LogP) is 2.42. The van der Waals surface area contributed by atoms with Gasteiger partial charge < -0.3 is 20.7 Å². The number of likely N-dealkylation sites (tertiary alicyclic amines) is 1. The number of benzene rings is 1. The van der Waals surface area contributed by atoms with Gasteiger partial charge in [-0.25, -0.2) is 0 Å². The smallest absolute Gasteiger partial charge is 0.243 e. The van der Waals surface area contributed by atoms with E-state index >= 15 is 0 Å². The number of amides is 5. The molecule has 0 aromatic heterocycles. The maximum atomic E-state index is 12.9. The summed E-state index contributed by atoms with van der Waals surface area (Å²) in [6, 6.07) is 6.59. The zero-order chi connectivity index (χ0) is 30.0. The minimum absolute atomic E-state index is 0.0171. The first-order chi connectivity index (χ1) is 19.6. The summed E-state index contributed by atoms with van der Waals surface area (Å²) in [6.45, 7) is 4.52. The van der Waals surface area contributed by atoms with Crippen LogP contribution in [0.15, 0.2) is 24.3 Å². The number of carbonyl (C=O) groups is 6. The van der Waals surface area contributed by atoms with Gasteiger partial charge in [-0.1, -0.05) is 38.8 Å². The van der Waals surface area contributed by atoms with Crippen molar-refractivity contribution >= 4 is 48.9 Å². The largest absolute Gasteiger partial charge is 0.470 e. The SMILES string of the molecule is [B]C(=O)OCc1ccc(NC(=O)CNC(=O)C2(C(=O)NCCCCCN3C(=O)CC(C(C)CC)C3=O)CCC2)cc1. The fraction of sp³-hybridized carbons (Fsp3) is 0.586. The Bertz CT molecular complexity index is 1140. The number of hydrogen-bond acceptors (Lipinski definition) is 7. The van der Waals surface area contributed by atoms with E-state index in [0.29, 0.717) is 50.0 Å². The van der Waals surface area contributed by atoms with Crippen molar-refractivity contribution in [3.05, 3.63) is 29.8 Å². The third kappa shape index (κ3) is 8.40. The predicted molar refractivity (Wildman–Crippen MR) is 151 cm³/mol. The van der Waals surface area contributed by atoms with Crippen molar-refractivity contribution in [3.8, 4) is 0 Å². The molecule has 220 valence electrons. The van der Waals surface area contributed by atoms with Crippen LogP contribution in [0.5, 0.6) is 0 Å². The molecule has 0 bridgehead atoms. The van der Waals surface area contributed by atoms with Crippen LogP contribution in [-0.4, -0.2) is 67.8 Å². The molecule has 1 aliphatic heterocycles. The molecule has 1 aromatic rings. The van der Waals surface area contributed by atoms with Crippen molar-refractivity contribution in [2.24, 2.45) is 17.3 Å². The molecule has 2 aliphatic rings. The van der Waals surface area contributed by atoms with Gasteiger partial charge in [0.05, 0.1) is 6.54 Å². The molecule has 0 spiro atoms. The second kappa shape index (κ2) is 14.8. The van der Waals surface area contributed by atoms with Gasteiger partial charge in [0, 0.05) is 31.1 Å². The summed E-state index contributed by atoms with van der Waals surface area (Å²) in [7, 11) is 4.94. The van der Waals surface area contributed by atoms with E-state index in [4.69, 9.17) is 12.6 Å². The molecule has 2 atom stereocenters. The summed E-state index contributed by atoms with van der Waals surface area (Å²) in [5.74, 6) is -2.36. The molecular weight excluding hydrogens is 527 g/mol. The minimum atomic E-state index is -1.18. The third-order valence-electron chi connectivity index (χ3n) is 8.06. The molecule has 1 heterocycles. The summed E-state index contributed by atoms with van der Waals surface area (Å²) in [5.41, 5.74) is 0.0128. The maximum Gasteiger partial charge on any atom is 0.243 e. The quantitative estimate of drug-likeness (QED) is 0.128. The Labute approximate surface area is 241 Å². The first-order valence-corrected chi connectivity index (χ1v) is 14.3. The number of nitrogens with zero attached hydrogens (tertiary/aromatic N) is 1. The number of carbonyl (C=O) groups excluding carboxylic acids is 6. The molecule has 1 aliphatic carbocycles. The number of imide groups is 1. The van der Waals surface area contributed by atoms with E-state index < -0.39 is 23.1 Å². The second-order valence-electron chi connectivity index (χ2n) is 10.9. The Balaban J connectivity index is 1.35. The van der Waals surface area contributed by atoms with Gasteiger partial charge in [0.1, 0.15) is 12.0 Å². The Morgan fingerprint density at radius 2 is 1.73 bits per heavy atom. The van der Waals surface area contributed by atoms with E-state index in [2.05, 4.69) is 16.0 Å². The fourth-order valence-corrected chi connectivity index (χ4v) is 5.08. The molecule has 1 aromatic carbocycles. The lowest BCUT2D eigenvalue weighted by molar-refractivity contribution is -0.150. The number of ether oxygens (including phenoxy) is 1. The Hall–Kier alpha value is -3.70. The first kappa shape index (κ1) is 31.8. The highest BCUT2D eigenvalue weighted by Crippen LogP contribution is 2.41. The molecule has 1 saturated carbocycles. The molecule has 3 N–H and O–H groups in total. The van der Waals surface area contributed by atoms with Crippen molar-refractivity contribution in [2.45, 2.75) is 71.8 Å². The molecular formula is C29H39BN4O7. The number of rotatable bonds is 15. The lowest BCUT2D eigenvalue weighted by atomic mass is 9.67. The lowest BCUT2D eigenvalue weighted by Crippen LogP contribution is -2.56. The van der Waals surface area contributed by atoms with Crippen LogP contribution in [0.2, 0.25) is 0 Å². The van der Waals surface area contributed by atoms with E-state index in [1.165, 1.54) is 4.90 Å². The minimum Gasteiger partial charge on any atom is -0.470 e. The van der Waals surface area contributed by atoms with E-state index in [0.717, 1.165) is 19.3 Å². The molecule has 12 heteroatoms. The third-order valence-corrected chi connectivity index (χ3v) is 8.06. The molecule has 2 radical (unpaired) electrons. The number of unbranched alkanes of at least 4 members (excludes halogenated alkanes) is 2. The molecule has 1 saturated heterocycles. The second-order valence-corrected chi connectivity index (χ2v) is 10.9. The normalized spacial score (nSPS) is 18.3. The summed E-state index contributed by atoms with van der Waals surface area (Å²) >= 11 is 0. The Kier molecular flexibility index (Phi) is 11.5. The molecule has 11 nitrogen and oxygen atoms in total. The van der Waals surface area contributed by atoms with Gasteiger partial charge >= 0.3 is 0 Å². The first-order valence-electron chi connectivity index (χ1n) is 14.3. The Morgan fingerprint density at radius 3 is 2.34 bits per heavy atom. The van der Waals surface area contributed by atoms with Crippen LogP contribution in [0.1, 0.15) is 70.8 Å². The summed E-state index contributed by atoms with van der Waals surface area (Å²) < 4.78 is 4.71. The number of anilines is 1. The maximum absolute atomic E-state index is 12.9. The summed E-state index contributed by atoms with van der Waals surface area (Å²) in [4.78, 5) is 75.0. The molecule has 3 rings (SSSR count). The highest BCUT2D eigenvalue weighted by molar-refractivity contribution is 6.55. The summed E-state index contributed by atoms with van der Waals surface area (Å²) in [5, 5.41) is 8.09. The van der Waals surface area contributed by atoms with Crippen molar-refractivity contribution in [1.82, 2.24) is 15.5 Å².